The molecule has 1 aliphatic carbocycles. The molecule has 2 amide bonds. The minimum absolute atomic E-state index is 0.177. The zero-order chi connectivity index (χ0) is 17.6. The second-order valence-corrected chi connectivity index (χ2v) is 6.87. The van der Waals surface area contributed by atoms with Crippen LogP contribution in [0.25, 0.3) is 0 Å². The van der Waals surface area contributed by atoms with Gasteiger partial charge in [-0.25, -0.2) is 4.79 Å². The SMILES string of the molecule is O=C(Nc1ccccc1Cl)N(Cc1ccccc1O)C1CCCCC1. The number of halogens is 1. The van der Waals surface area contributed by atoms with Gasteiger partial charge in [-0.05, 0) is 31.0 Å². The van der Waals surface area contributed by atoms with E-state index < -0.39 is 0 Å². The van der Waals surface area contributed by atoms with Crippen LogP contribution in [0.1, 0.15) is 37.7 Å². The van der Waals surface area contributed by atoms with Gasteiger partial charge in [0, 0.05) is 11.6 Å². The number of phenols is 1. The van der Waals surface area contributed by atoms with E-state index in [2.05, 4.69) is 5.32 Å². The fraction of sp³-hybridized carbons (Fsp3) is 0.350. The van der Waals surface area contributed by atoms with Gasteiger partial charge in [0.15, 0.2) is 0 Å². The summed E-state index contributed by atoms with van der Waals surface area (Å²) < 4.78 is 0. The van der Waals surface area contributed by atoms with E-state index in [1.165, 1.54) is 6.42 Å². The van der Waals surface area contributed by atoms with Gasteiger partial charge in [0.25, 0.3) is 0 Å². The Morgan fingerprint density at radius 1 is 1.08 bits per heavy atom. The third kappa shape index (κ3) is 4.45. The summed E-state index contributed by atoms with van der Waals surface area (Å²) >= 11 is 6.17. The van der Waals surface area contributed by atoms with E-state index in [0.717, 1.165) is 31.2 Å². The van der Waals surface area contributed by atoms with E-state index in [9.17, 15) is 9.90 Å². The number of carbonyl (C=O) groups excluding carboxylic acids is 1. The molecule has 0 heterocycles. The molecule has 0 unspecified atom stereocenters. The number of aromatic hydroxyl groups is 1. The molecule has 0 bridgehead atoms. The lowest BCUT2D eigenvalue weighted by Gasteiger charge is -2.34. The maximum absolute atomic E-state index is 13.0. The molecule has 0 aliphatic heterocycles. The summed E-state index contributed by atoms with van der Waals surface area (Å²) in [7, 11) is 0. The van der Waals surface area contributed by atoms with E-state index in [1.54, 1.807) is 24.3 Å². The first-order valence-electron chi connectivity index (χ1n) is 8.74. The third-order valence-corrected chi connectivity index (χ3v) is 5.05. The molecule has 2 aromatic rings. The average Bonchev–Trinajstić information content (AvgIpc) is 2.63. The number of rotatable bonds is 4. The normalized spacial score (nSPS) is 14.9. The van der Waals surface area contributed by atoms with Gasteiger partial charge in [0.2, 0.25) is 0 Å². The molecule has 0 aromatic heterocycles. The maximum atomic E-state index is 13.0. The van der Waals surface area contributed by atoms with Crippen LogP contribution >= 0.6 is 11.6 Å². The maximum Gasteiger partial charge on any atom is 0.322 e. The van der Waals surface area contributed by atoms with Crippen molar-refractivity contribution in [3.8, 4) is 5.75 Å². The summed E-state index contributed by atoms with van der Waals surface area (Å²) in [6.07, 6.45) is 5.45. The Bertz CT molecular complexity index is 729. The molecule has 2 N–H and O–H groups in total. The summed E-state index contributed by atoms with van der Waals surface area (Å²) in [5.41, 5.74) is 1.36. The quantitative estimate of drug-likeness (QED) is 0.767. The van der Waals surface area contributed by atoms with Crippen LogP contribution in [0, 0.1) is 0 Å². The minimum atomic E-state index is -0.178. The number of benzene rings is 2. The summed E-state index contributed by atoms with van der Waals surface area (Å²) in [4.78, 5) is 14.8. The van der Waals surface area contributed by atoms with Crippen LogP contribution in [-0.2, 0) is 6.54 Å². The van der Waals surface area contributed by atoms with Crippen molar-refractivity contribution >= 4 is 23.3 Å². The highest BCUT2D eigenvalue weighted by Gasteiger charge is 2.26. The minimum Gasteiger partial charge on any atom is -0.508 e. The summed E-state index contributed by atoms with van der Waals surface area (Å²) in [5, 5.41) is 13.5. The number of amides is 2. The van der Waals surface area contributed by atoms with Crippen molar-refractivity contribution in [2.24, 2.45) is 0 Å². The number of para-hydroxylation sites is 2. The molecule has 0 spiro atoms. The van der Waals surface area contributed by atoms with Crippen LogP contribution in [0.5, 0.6) is 5.75 Å². The van der Waals surface area contributed by atoms with Crippen LogP contribution in [0.4, 0.5) is 10.5 Å². The zero-order valence-corrected chi connectivity index (χ0v) is 14.9. The molecule has 0 atom stereocenters. The first kappa shape index (κ1) is 17.6. The van der Waals surface area contributed by atoms with Crippen molar-refractivity contribution in [2.45, 2.75) is 44.7 Å². The summed E-state index contributed by atoms with van der Waals surface area (Å²) in [6, 6.07) is 14.4. The van der Waals surface area contributed by atoms with Crippen molar-refractivity contribution in [1.82, 2.24) is 4.90 Å². The molecule has 1 fully saturated rings. The fourth-order valence-electron chi connectivity index (χ4n) is 3.34. The highest BCUT2D eigenvalue weighted by Crippen LogP contribution is 2.28. The fourth-order valence-corrected chi connectivity index (χ4v) is 3.52. The number of phenolic OH excluding ortho intramolecular Hbond substituents is 1. The van der Waals surface area contributed by atoms with Crippen molar-refractivity contribution in [3.63, 3.8) is 0 Å². The van der Waals surface area contributed by atoms with Crippen molar-refractivity contribution in [3.05, 3.63) is 59.1 Å². The summed E-state index contributed by atoms with van der Waals surface area (Å²) in [6.45, 7) is 0.383. The third-order valence-electron chi connectivity index (χ3n) is 4.72. The van der Waals surface area contributed by atoms with Gasteiger partial charge < -0.3 is 15.3 Å². The molecule has 5 heteroatoms. The standard InChI is InChI=1S/C20H23ClN2O2/c21-17-11-5-6-12-18(17)22-20(25)23(16-9-2-1-3-10-16)14-15-8-4-7-13-19(15)24/h4-8,11-13,16,24H,1-3,9-10,14H2,(H,22,25). The molecular formula is C20H23ClN2O2. The van der Waals surface area contributed by atoms with E-state index >= 15 is 0 Å². The van der Waals surface area contributed by atoms with Crippen LogP contribution in [0.15, 0.2) is 48.5 Å². The van der Waals surface area contributed by atoms with Crippen LogP contribution < -0.4 is 5.32 Å². The Hall–Kier alpha value is -2.20. The predicted octanol–water partition coefficient (Wildman–Crippen LogP) is 5.41. The summed E-state index contributed by atoms with van der Waals surface area (Å²) in [5.74, 6) is 0.217. The predicted molar refractivity (Wildman–Crippen MR) is 101 cm³/mol. The largest absolute Gasteiger partial charge is 0.508 e. The van der Waals surface area contributed by atoms with Gasteiger partial charge in [-0.15, -0.1) is 0 Å². The molecular weight excluding hydrogens is 336 g/mol. The second-order valence-electron chi connectivity index (χ2n) is 6.46. The Labute approximate surface area is 153 Å². The monoisotopic (exact) mass is 358 g/mol. The Morgan fingerprint density at radius 3 is 2.48 bits per heavy atom. The topological polar surface area (TPSA) is 52.6 Å². The molecule has 25 heavy (non-hydrogen) atoms. The molecule has 132 valence electrons. The number of anilines is 1. The number of nitrogens with one attached hydrogen (secondary N) is 1. The van der Waals surface area contributed by atoms with Gasteiger partial charge in [-0.2, -0.15) is 0 Å². The number of urea groups is 1. The molecule has 0 radical (unpaired) electrons. The molecule has 2 aromatic carbocycles. The molecule has 0 saturated heterocycles. The van der Waals surface area contributed by atoms with E-state index in [4.69, 9.17) is 11.6 Å². The van der Waals surface area contributed by atoms with Gasteiger partial charge >= 0.3 is 6.03 Å². The van der Waals surface area contributed by atoms with Gasteiger partial charge in [0.05, 0.1) is 17.3 Å². The number of nitrogens with zero attached hydrogens (tertiary/aromatic N) is 1. The average molecular weight is 359 g/mol. The van der Waals surface area contributed by atoms with Crippen molar-refractivity contribution < 1.29 is 9.90 Å². The Balaban J connectivity index is 1.81. The van der Waals surface area contributed by atoms with Crippen molar-refractivity contribution in [2.75, 3.05) is 5.32 Å². The smallest absolute Gasteiger partial charge is 0.322 e. The van der Waals surface area contributed by atoms with Gasteiger partial charge in [-0.3, -0.25) is 0 Å². The first-order chi connectivity index (χ1) is 12.1. The lowest BCUT2D eigenvalue weighted by molar-refractivity contribution is 0.162. The molecule has 3 rings (SSSR count). The molecule has 1 saturated carbocycles. The van der Waals surface area contributed by atoms with Gasteiger partial charge in [0.1, 0.15) is 5.75 Å². The second kappa shape index (κ2) is 8.26. The lowest BCUT2D eigenvalue weighted by atomic mass is 9.94. The first-order valence-corrected chi connectivity index (χ1v) is 9.12. The highest BCUT2D eigenvalue weighted by molar-refractivity contribution is 6.33. The number of hydrogen-bond acceptors (Lipinski definition) is 2. The Morgan fingerprint density at radius 2 is 1.76 bits per heavy atom. The zero-order valence-electron chi connectivity index (χ0n) is 14.1. The lowest BCUT2D eigenvalue weighted by Crippen LogP contribution is -2.43. The highest BCUT2D eigenvalue weighted by atomic mass is 35.5. The van der Waals surface area contributed by atoms with Crippen LogP contribution in [0.2, 0.25) is 5.02 Å². The van der Waals surface area contributed by atoms with Gasteiger partial charge in [-0.1, -0.05) is 61.2 Å². The van der Waals surface area contributed by atoms with Crippen LogP contribution in [-0.4, -0.2) is 22.1 Å². The molecule has 1 aliphatic rings. The Kier molecular flexibility index (Phi) is 5.82. The number of carbonyl (C=O) groups is 1. The van der Waals surface area contributed by atoms with Crippen LogP contribution in [0.3, 0.4) is 0 Å². The van der Waals surface area contributed by atoms with Crippen molar-refractivity contribution in [1.29, 1.82) is 0 Å². The van der Waals surface area contributed by atoms with E-state index in [0.29, 0.717) is 17.3 Å². The van der Waals surface area contributed by atoms with E-state index in [-0.39, 0.29) is 17.8 Å². The number of hydrogen-bond donors (Lipinski definition) is 2. The van der Waals surface area contributed by atoms with E-state index in [1.807, 2.05) is 29.2 Å². The molecule has 4 nitrogen and oxygen atoms in total.